The van der Waals surface area contributed by atoms with Crippen molar-refractivity contribution in [3.63, 3.8) is 0 Å². The Morgan fingerprint density at radius 3 is 3.10 bits per heavy atom. The van der Waals surface area contributed by atoms with Crippen LogP contribution in [0.15, 0.2) is 24.3 Å². The third-order valence-corrected chi connectivity index (χ3v) is 4.45. The smallest absolute Gasteiger partial charge is 0.240 e. The summed E-state index contributed by atoms with van der Waals surface area (Å²) in [5.41, 5.74) is 2.45. The first kappa shape index (κ1) is 13.6. The lowest BCUT2D eigenvalue weighted by molar-refractivity contribution is -0.118. The Bertz CT molecular complexity index is 494. The lowest BCUT2D eigenvalue weighted by Gasteiger charge is -2.31. The number of rotatable bonds is 3. The van der Waals surface area contributed by atoms with E-state index in [1.807, 2.05) is 11.0 Å². The molecule has 2 heterocycles. The van der Waals surface area contributed by atoms with Gasteiger partial charge in [-0.1, -0.05) is 18.2 Å². The van der Waals surface area contributed by atoms with Crippen LogP contribution in [0.3, 0.4) is 0 Å². The molecule has 1 aromatic carbocycles. The van der Waals surface area contributed by atoms with Gasteiger partial charge in [-0.3, -0.25) is 4.79 Å². The van der Waals surface area contributed by atoms with E-state index in [-0.39, 0.29) is 11.4 Å². The van der Waals surface area contributed by atoms with Crippen molar-refractivity contribution in [1.29, 1.82) is 0 Å². The van der Waals surface area contributed by atoms with Crippen molar-refractivity contribution in [1.82, 2.24) is 10.6 Å². The summed E-state index contributed by atoms with van der Waals surface area (Å²) in [6.07, 6.45) is 3.22. The molecule has 0 saturated carbocycles. The Labute approximate surface area is 120 Å². The number of para-hydroxylation sites is 1. The predicted molar refractivity (Wildman–Crippen MR) is 81.0 cm³/mol. The van der Waals surface area contributed by atoms with Crippen molar-refractivity contribution >= 4 is 11.6 Å². The van der Waals surface area contributed by atoms with Crippen LogP contribution in [0, 0.1) is 0 Å². The average Bonchev–Trinajstić information content (AvgIpc) is 2.91. The maximum Gasteiger partial charge on any atom is 0.240 e. The summed E-state index contributed by atoms with van der Waals surface area (Å²) in [4.78, 5) is 14.4. The first-order valence-electron chi connectivity index (χ1n) is 7.52. The fourth-order valence-electron chi connectivity index (χ4n) is 3.14. The van der Waals surface area contributed by atoms with Gasteiger partial charge in [0.25, 0.3) is 0 Å². The number of hydrogen-bond acceptors (Lipinski definition) is 3. The van der Waals surface area contributed by atoms with E-state index in [1.54, 1.807) is 0 Å². The van der Waals surface area contributed by atoms with Crippen LogP contribution in [-0.2, 0) is 11.2 Å². The van der Waals surface area contributed by atoms with E-state index < -0.39 is 0 Å². The molecule has 0 aromatic heterocycles. The molecule has 2 aliphatic rings. The zero-order valence-corrected chi connectivity index (χ0v) is 12.1. The molecule has 20 heavy (non-hydrogen) atoms. The van der Waals surface area contributed by atoms with E-state index >= 15 is 0 Å². The van der Waals surface area contributed by atoms with Crippen LogP contribution < -0.4 is 15.5 Å². The Morgan fingerprint density at radius 1 is 1.45 bits per heavy atom. The van der Waals surface area contributed by atoms with Gasteiger partial charge in [0.2, 0.25) is 5.91 Å². The molecule has 1 aromatic rings. The second kappa shape index (κ2) is 5.54. The fourth-order valence-corrected chi connectivity index (χ4v) is 3.14. The number of nitrogens with zero attached hydrogens (tertiary/aromatic N) is 1. The largest absolute Gasteiger partial charge is 0.315 e. The zero-order valence-electron chi connectivity index (χ0n) is 12.1. The van der Waals surface area contributed by atoms with E-state index in [0.29, 0.717) is 6.54 Å². The number of aryl methyl sites for hydroxylation is 1. The highest BCUT2D eigenvalue weighted by molar-refractivity contribution is 5.96. The van der Waals surface area contributed by atoms with Gasteiger partial charge in [-0.15, -0.1) is 0 Å². The second-order valence-corrected chi connectivity index (χ2v) is 6.12. The van der Waals surface area contributed by atoms with Crippen LogP contribution in [0.2, 0.25) is 0 Å². The zero-order chi connectivity index (χ0) is 14.0. The normalized spacial score (nSPS) is 25.6. The molecule has 4 nitrogen and oxygen atoms in total. The Hall–Kier alpha value is -1.39. The molecule has 1 atom stereocenters. The lowest BCUT2D eigenvalue weighted by atomic mass is 10.0. The van der Waals surface area contributed by atoms with Crippen LogP contribution in [0.25, 0.3) is 0 Å². The Morgan fingerprint density at radius 2 is 2.30 bits per heavy atom. The highest BCUT2D eigenvalue weighted by atomic mass is 16.2. The molecule has 0 radical (unpaired) electrons. The van der Waals surface area contributed by atoms with Crippen LogP contribution in [0.5, 0.6) is 0 Å². The summed E-state index contributed by atoms with van der Waals surface area (Å²) < 4.78 is 0. The molecular formula is C16H23N3O. The average molecular weight is 273 g/mol. The van der Waals surface area contributed by atoms with Crippen molar-refractivity contribution in [3.05, 3.63) is 29.8 Å². The molecule has 4 heteroatoms. The number of benzene rings is 1. The van der Waals surface area contributed by atoms with Gasteiger partial charge < -0.3 is 15.5 Å². The number of nitrogens with one attached hydrogen (secondary N) is 2. The summed E-state index contributed by atoms with van der Waals surface area (Å²) in [7, 11) is 0. The van der Waals surface area contributed by atoms with Gasteiger partial charge in [-0.2, -0.15) is 0 Å². The van der Waals surface area contributed by atoms with Gasteiger partial charge in [0, 0.05) is 24.3 Å². The second-order valence-electron chi connectivity index (χ2n) is 6.12. The van der Waals surface area contributed by atoms with E-state index in [0.717, 1.165) is 44.6 Å². The van der Waals surface area contributed by atoms with Gasteiger partial charge in [0.1, 0.15) is 0 Å². The minimum Gasteiger partial charge on any atom is -0.315 e. The first-order chi connectivity index (χ1) is 9.68. The minimum absolute atomic E-state index is 0.0605. The number of carbonyl (C=O) groups is 1. The number of hydrogen-bond donors (Lipinski definition) is 2. The lowest BCUT2D eigenvalue weighted by Crippen LogP contribution is -2.50. The van der Waals surface area contributed by atoms with Crippen molar-refractivity contribution in [2.75, 3.05) is 31.1 Å². The number of amides is 1. The summed E-state index contributed by atoms with van der Waals surface area (Å²) in [6.45, 7) is 5.42. The van der Waals surface area contributed by atoms with Gasteiger partial charge in [-0.25, -0.2) is 0 Å². The molecule has 2 N–H and O–H groups in total. The van der Waals surface area contributed by atoms with E-state index in [9.17, 15) is 4.79 Å². The summed E-state index contributed by atoms with van der Waals surface area (Å²) in [5.74, 6) is 0.185. The van der Waals surface area contributed by atoms with Crippen LogP contribution in [0.4, 0.5) is 5.69 Å². The molecule has 0 bridgehead atoms. The van der Waals surface area contributed by atoms with Crippen molar-refractivity contribution in [3.8, 4) is 0 Å². The van der Waals surface area contributed by atoms with Crippen molar-refractivity contribution in [2.45, 2.75) is 31.7 Å². The first-order valence-corrected chi connectivity index (χ1v) is 7.52. The topological polar surface area (TPSA) is 44.4 Å². The van der Waals surface area contributed by atoms with E-state index in [4.69, 9.17) is 0 Å². The third-order valence-electron chi connectivity index (χ3n) is 4.45. The van der Waals surface area contributed by atoms with Crippen LogP contribution in [-0.4, -0.2) is 37.6 Å². The summed E-state index contributed by atoms with van der Waals surface area (Å²) in [6, 6.07) is 8.26. The number of carbonyl (C=O) groups excluding carboxylic acids is 1. The highest BCUT2D eigenvalue weighted by Crippen LogP contribution is 2.26. The van der Waals surface area contributed by atoms with Crippen LogP contribution >= 0.6 is 0 Å². The molecule has 1 amide bonds. The highest BCUT2D eigenvalue weighted by Gasteiger charge is 2.30. The van der Waals surface area contributed by atoms with Gasteiger partial charge in [0.15, 0.2) is 0 Å². The summed E-state index contributed by atoms with van der Waals surface area (Å²) in [5, 5.41) is 6.78. The maximum absolute atomic E-state index is 12.5. The van der Waals surface area contributed by atoms with Crippen molar-refractivity contribution < 1.29 is 4.79 Å². The van der Waals surface area contributed by atoms with Gasteiger partial charge in [-0.05, 0) is 44.4 Å². The molecule has 1 fully saturated rings. The molecular weight excluding hydrogens is 250 g/mol. The SMILES string of the molecule is CC1(NCC(=O)N2CCCc3ccccc32)CCNC1. The van der Waals surface area contributed by atoms with Gasteiger partial charge >= 0.3 is 0 Å². The Balaban J connectivity index is 1.66. The van der Waals surface area contributed by atoms with E-state index in [2.05, 4.69) is 35.8 Å². The van der Waals surface area contributed by atoms with Gasteiger partial charge in [0.05, 0.1) is 6.54 Å². The fraction of sp³-hybridized carbons (Fsp3) is 0.562. The third kappa shape index (κ3) is 2.72. The molecule has 2 aliphatic heterocycles. The molecule has 1 saturated heterocycles. The quantitative estimate of drug-likeness (QED) is 0.873. The molecule has 1 unspecified atom stereocenters. The monoisotopic (exact) mass is 273 g/mol. The standard InChI is InChI=1S/C16H23N3O/c1-16(8-9-17-12-16)18-11-15(20)19-10-4-6-13-5-2-3-7-14(13)19/h2-3,5,7,17-18H,4,6,8-12H2,1H3. The van der Waals surface area contributed by atoms with E-state index in [1.165, 1.54) is 5.56 Å². The maximum atomic E-state index is 12.5. The number of fused-ring (bicyclic) bond motifs is 1. The minimum atomic E-state index is 0.0605. The molecule has 0 aliphatic carbocycles. The Kier molecular flexibility index (Phi) is 3.76. The summed E-state index contributed by atoms with van der Waals surface area (Å²) >= 11 is 0. The van der Waals surface area contributed by atoms with Crippen LogP contribution in [0.1, 0.15) is 25.3 Å². The molecule has 3 rings (SSSR count). The molecule has 0 spiro atoms. The van der Waals surface area contributed by atoms with Crippen molar-refractivity contribution in [2.24, 2.45) is 0 Å². The predicted octanol–water partition coefficient (Wildman–Crippen LogP) is 1.31. The molecule has 108 valence electrons. The number of anilines is 1.